The molecule has 0 saturated carbocycles. The number of carbonyl (C=O) groups excluding carboxylic acids is 1. The minimum atomic E-state index is 0.0168. The molecule has 0 aliphatic heterocycles. The Labute approximate surface area is 102 Å². The molecule has 0 bridgehead atoms. The van der Waals surface area contributed by atoms with Gasteiger partial charge in [0.25, 0.3) is 0 Å². The molecule has 0 N–H and O–H groups in total. The maximum Gasteiger partial charge on any atom is 0.161 e. The Kier molecular flexibility index (Phi) is 4.97. The molecule has 0 aliphatic rings. The summed E-state index contributed by atoms with van der Waals surface area (Å²) in [6, 6.07) is 5.22. The number of benzene rings is 1. The Morgan fingerprint density at radius 2 is 2.00 bits per heavy atom. The van der Waals surface area contributed by atoms with Crippen LogP contribution in [0.2, 0.25) is 0 Å². The van der Waals surface area contributed by atoms with Gasteiger partial charge in [0.2, 0.25) is 0 Å². The molecule has 1 rings (SSSR count). The molecular weight excluding hydrogens is 218 g/mol. The van der Waals surface area contributed by atoms with Crippen molar-refractivity contribution in [3.05, 3.63) is 23.8 Å². The van der Waals surface area contributed by atoms with Crippen molar-refractivity contribution in [2.45, 2.75) is 6.92 Å². The van der Waals surface area contributed by atoms with Crippen molar-refractivity contribution in [1.82, 2.24) is 4.90 Å². The predicted molar refractivity (Wildman–Crippen MR) is 67.0 cm³/mol. The number of carbonyl (C=O) groups is 1. The van der Waals surface area contributed by atoms with E-state index in [1.807, 2.05) is 19.0 Å². The van der Waals surface area contributed by atoms with E-state index in [1.54, 1.807) is 25.3 Å². The molecule has 0 aliphatic carbocycles. The summed E-state index contributed by atoms with van der Waals surface area (Å²) in [5.74, 6) is 1.28. The van der Waals surface area contributed by atoms with E-state index in [2.05, 4.69) is 0 Å². The zero-order chi connectivity index (χ0) is 12.8. The first-order valence-electron chi connectivity index (χ1n) is 5.51. The molecule has 0 aromatic heterocycles. The van der Waals surface area contributed by atoms with Crippen molar-refractivity contribution in [2.24, 2.45) is 0 Å². The van der Waals surface area contributed by atoms with Crippen LogP contribution in [0, 0.1) is 0 Å². The van der Waals surface area contributed by atoms with E-state index in [0.717, 1.165) is 6.54 Å². The smallest absolute Gasteiger partial charge is 0.161 e. The van der Waals surface area contributed by atoms with Gasteiger partial charge in [-0.25, -0.2) is 0 Å². The highest BCUT2D eigenvalue weighted by Gasteiger charge is 2.08. The Bertz CT molecular complexity index is 388. The molecule has 0 radical (unpaired) electrons. The van der Waals surface area contributed by atoms with Gasteiger partial charge in [0.1, 0.15) is 6.61 Å². The van der Waals surface area contributed by atoms with E-state index in [4.69, 9.17) is 9.47 Å². The van der Waals surface area contributed by atoms with Gasteiger partial charge in [-0.2, -0.15) is 0 Å². The van der Waals surface area contributed by atoms with Gasteiger partial charge in [0.05, 0.1) is 7.11 Å². The van der Waals surface area contributed by atoms with Crippen LogP contribution in [0.15, 0.2) is 18.2 Å². The van der Waals surface area contributed by atoms with Gasteiger partial charge in [-0.3, -0.25) is 4.79 Å². The van der Waals surface area contributed by atoms with E-state index in [1.165, 1.54) is 6.92 Å². The Balaban J connectivity index is 2.75. The van der Waals surface area contributed by atoms with E-state index >= 15 is 0 Å². The molecule has 17 heavy (non-hydrogen) atoms. The lowest BCUT2D eigenvalue weighted by Gasteiger charge is -2.13. The maximum atomic E-state index is 11.2. The van der Waals surface area contributed by atoms with Crippen molar-refractivity contribution >= 4 is 5.78 Å². The first-order valence-corrected chi connectivity index (χ1v) is 5.51. The Hall–Kier alpha value is -1.55. The summed E-state index contributed by atoms with van der Waals surface area (Å²) in [6.45, 7) is 2.95. The number of methoxy groups -OCH3 is 1. The average molecular weight is 237 g/mol. The monoisotopic (exact) mass is 237 g/mol. The second kappa shape index (κ2) is 6.25. The predicted octanol–water partition coefficient (Wildman–Crippen LogP) is 1.84. The van der Waals surface area contributed by atoms with Crippen LogP contribution in [0.4, 0.5) is 0 Å². The molecule has 1 aromatic carbocycles. The highest BCUT2D eigenvalue weighted by Crippen LogP contribution is 2.28. The lowest BCUT2D eigenvalue weighted by molar-refractivity contribution is 0.101. The van der Waals surface area contributed by atoms with Gasteiger partial charge >= 0.3 is 0 Å². The number of rotatable bonds is 6. The van der Waals surface area contributed by atoms with Crippen molar-refractivity contribution in [3.8, 4) is 11.5 Å². The van der Waals surface area contributed by atoms with Crippen LogP contribution in [0.3, 0.4) is 0 Å². The first kappa shape index (κ1) is 13.5. The van der Waals surface area contributed by atoms with E-state index in [0.29, 0.717) is 23.7 Å². The quantitative estimate of drug-likeness (QED) is 0.708. The van der Waals surface area contributed by atoms with Crippen molar-refractivity contribution < 1.29 is 14.3 Å². The molecule has 1 aromatic rings. The number of ketones is 1. The van der Waals surface area contributed by atoms with Gasteiger partial charge in [-0.15, -0.1) is 0 Å². The van der Waals surface area contributed by atoms with Crippen LogP contribution in [0.5, 0.6) is 11.5 Å². The third-order valence-corrected chi connectivity index (χ3v) is 2.37. The fourth-order valence-corrected chi connectivity index (χ4v) is 1.34. The molecule has 0 amide bonds. The topological polar surface area (TPSA) is 38.8 Å². The van der Waals surface area contributed by atoms with Crippen LogP contribution in [0.1, 0.15) is 17.3 Å². The standard InChI is InChI=1S/C13H19NO3/c1-10(15)11-5-6-12(13(9-11)16-4)17-8-7-14(2)3/h5-6,9H,7-8H2,1-4H3. The molecule has 0 heterocycles. The SMILES string of the molecule is COc1cc(C(C)=O)ccc1OCCN(C)C. The minimum Gasteiger partial charge on any atom is -0.493 e. The summed E-state index contributed by atoms with van der Waals surface area (Å²) in [7, 11) is 5.54. The molecule has 94 valence electrons. The normalized spacial score (nSPS) is 10.4. The lowest BCUT2D eigenvalue weighted by atomic mass is 10.1. The van der Waals surface area contributed by atoms with E-state index in [-0.39, 0.29) is 5.78 Å². The zero-order valence-corrected chi connectivity index (χ0v) is 10.8. The lowest BCUT2D eigenvalue weighted by Crippen LogP contribution is -2.19. The molecule has 0 atom stereocenters. The third kappa shape index (κ3) is 4.07. The third-order valence-electron chi connectivity index (χ3n) is 2.37. The second-order valence-electron chi connectivity index (χ2n) is 4.07. The van der Waals surface area contributed by atoms with Crippen LogP contribution in [-0.4, -0.2) is 45.0 Å². The van der Waals surface area contributed by atoms with Gasteiger partial charge < -0.3 is 14.4 Å². The number of Topliss-reactive ketones (excluding diaryl/α,β-unsaturated/α-hetero) is 1. The second-order valence-corrected chi connectivity index (χ2v) is 4.07. The Morgan fingerprint density at radius 1 is 1.29 bits per heavy atom. The van der Waals surface area contributed by atoms with Crippen molar-refractivity contribution in [2.75, 3.05) is 34.4 Å². The molecule has 0 fully saturated rings. The molecule has 0 unspecified atom stereocenters. The fourth-order valence-electron chi connectivity index (χ4n) is 1.34. The van der Waals surface area contributed by atoms with Crippen LogP contribution < -0.4 is 9.47 Å². The summed E-state index contributed by atoms with van der Waals surface area (Å²) in [4.78, 5) is 13.3. The largest absolute Gasteiger partial charge is 0.493 e. The van der Waals surface area contributed by atoms with Gasteiger partial charge in [-0.1, -0.05) is 0 Å². The van der Waals surface area contributed by atoms with Gasteiger partial charge in [0, 0.05) is 12.1 Å². The van der Waals surface area contributed by atoms with Crippen molar-refractivity contribution in [3.63, 3.8) is 0 Å². The van der Waals surface area contributed by atoms with E-state index in [9.17, 15) is 4.79 Å². The number of hydrogen-bond acceptors (Lipinski definition) is 4. The van der Waals surface area contributed by atoms with Crippen LogP contribution >= 0.6 is 0 Å². The van der Waals surface area contributed by atoms with Crippen LogP contribution in [-0.2, 0) is 0 Å². The summed E-state index contributed by atoms with van der Waals surface area (Å²) < 4.78 is 10.8. The van der Waals surface area contributed by atoms with Gasteiger partial charge in [0.15, 0.2) is 17.3 Å². The number of nitrogens with zero attached hydrogens (tertiary/aromatic N) is 1. The highest BCUT2D eigenvalue weighted by atomic mass is 16.5. The molecule has 0 saturated heterocycles. The van der Waals surface area contributed by atoms with E-state index < -0.39 is 0 Å². The number of hydrogen-bond donors (Lipinski definition) is 0. The fraction of sp³-hybridized carbons (Fsp3) is 0.462. The number of likely N-dealkylation sites (N-methyl/N-ethyl adjacent to an activating group) is 1. The zero-order valence-electron chi connectivity index (χ0n) is 10.8. The summed E-state index contributed by atoms with van der Waals surface area (Å²) in [6.07, 6.45) is 0. The molecule has 4 nitrogen and oxygen atoms in total. The maximum absolute atomic E-state index is 11.2. The molecule has 0 spiro atoms. The Morgan fingerprint density at radius 3 is 2.53 bits per heavy atom. The first-order chi connectivity index (χ1) is 8.04. The molecule has 4 heteroatoms. The van der Waals surface area contributed by atoms with Gasteiger partial charge in [-0.05, 0) is 39.2 Å². The average Bonchev–Trinajstić information content (AvgIpc) is 2.28. The van der Waals surface area contributed by atoms with Crippen molar-refractivity contribution in [1.29, 1.82) is 0 Å². The molecular formula is C13H19NO3. The number of ether oxygens (including phenoxy) is 2. The highest BCUT2D eigenvalue weighted by molar-refractivity contribution is 5.94. The summed E-state index contributed by atoms with van der Waals surface area (Å²) in [5.41, 5.74) is 0.627. The minimum absolute atomic E-state index is 0.0168. The summed E-state index contributed by atoms with van der Waals surface area (Å²) >= 11 is 0. The summed E-state index contributed by atoms with van der Waals surface area (Å²) in [5, 5.41) is 0. The van der Waals surface area contributed by atoms with Crippen LogP contribution in [0.25, 0.3) is 0 Å².